The molecule has 128 valence electrons. The van der Waals surface area contributed by atoms with E-state index in [0.717, 1.165) is 48.1 Å². The van der Waals surface area contributed by atoms with Gasteiger partial charge in [0, 0.05) is 30.3 Å². The number of carbonyl (C=O) groups is 2. The van der Waals surface area contributed by atoms with E-state index >= 15 is 0 Å². The summed E-state index contributed by atoms with van der Waals surface area (Å²) in [5.74, 6) is 0.319. The highest BCUT2D eigenvalue weighted by Crippen LogP contribution is 2.29. The molecule has 1 fully saturated rings. The Balaban J connectivity index is 1.46. The van der Waals surface area contributed by atoms with E-state index in [1.165, 1.54) is 0 Å². The molecule has 4 rings (SSSR count). The number of amides is 2. The van der Waals surface area contributed by atoms with Crippen molar-refractivity contribution in [3.8, 4) is 0 Å². The maximum absolute atomic E-state index is 12.6. The van der Waals surface area contributed by atoms with Crippen molar-refractivity contribution in [2.24, 2.45) is 5.92 Å². The van der Waals surface area contributed by atoms with Crippen molar-refractivity contribution in [3.63, 3.8) is 0 Å². The van der Waals surface area contributed by atoms with Crippen LogP contribution < -0.4 is 5.32 Å². The first-order chi connectivity index (χ1) is 12.2. The summed E-state index contributed by atoms with van der Waals surface area (Å²) in [6, 6.07) is 15.6. The zero-order chi connectivity index (χ0) is 17.2. The zero-order valence-corrected chi connectivity index (χ0v) is 14.2. The number of rotatable bonds is 4. The minimum absolute atomic E-state index is 0.0625. The van der Waals surface area contributed by atoms with Crippen molar-refractivity contribution < 1.29 is 9.59 Å². The van der Waals surface area contributed by atoms with Crippen LogP contribution in [-0.4, -0.2) is 16.7 Å². The predicted octanol–water partition coefficient (Wildman–Crippen LogP) is 3.97. The SMILES string of the molecule is O=C(Nc1ccc2c(c1)CN(Cc1ccccc1)C2=O)C1CCCC1. The molecule has 1 saturated carbocycles. The minimum Gasteiger partial charge on any atom is -0.330 e. The highest BCUT2D eigenvalue weighted by molar-refractivity contribution is 6.00. The Hall–Kier alpha value is -2.62. The van der Waals surface area contributed by atoms with Gasteiger partial charge in [0.15, 0.2) is 0 Å². The quantitative estimate of drug-likeness (QED) is 0.920. The van der Waals surface area contributed by atoms with Gasteiger partial charge in [0.05, 0.1) is 0 Å². The number of anilines is 1. The number of benzene rings is 2. The fourth-order valence-electron chi connectivity index (χ4n) is 3.82. The lowest BCUT2D eigenvalue weighted by Gasteiger charge is -2.15. The second-order valence-corrected chi connectivity index (χ2v) is 6.99. The maximum Gasteiger partial charge on any atom is 0.254 e. The van der Waals surface area contributed by atoms with Crippen LogP contribution in [0.1, 0.15) is 47.2 Å². The van der Waals surface area contributed by atoms with Crippen LogP contribution in [0, 0.1) is 5.92 Å². The van der Waals surface area contributed by atoms with Gasteiger partial charge in [-0.2, -0.15) is 0 Å². The van der Waals surface area contributed by atoms with E-state index < -0.39 is 0 Å². The predicted molar refractivity (Wildman–Crippen MR) is 97.0 cm³/mol. The molecule has 2 aliphatic rings. The summed E-state index contributed by atoms with van der Waals surface area (Å²) in [6.45, 7) is 1.20. The van der Waals surface area contributed by atoms with Crippen LogP contribution in [0.3, 0.4) is 0 Å². The van der Waals surface area contributed by atoms with Crippen LogP contribution in [0.5, 0.6) is 0 Å². The highest BCUT2D eigenvalue weighted by atomic mass is 16.2. The van der Waals surface area contributed by atoms with Crippen LogP contribution in [0.15, 0.2) is 48.5 Å². The molecule has 4 heteroatoms. The Labute approximate surface area is 147 Å². The van der Waals surface area contributed by atoms with Gasteiger partial charge in [-0.25, -0.2) is 0 Å². The monoisotopic (exact) mass is 334 g/mol. The smallest absolute Gasteiger partial charge is 0.254 e. The first-order valence-corrected chi connectivity index (χ1v) is 8.98. The number of hydrogen-bond donors (Lipinski definition) is 1. The van der Waals surface area contributed by atoms with Crippen LogP contribution in [0.2, 0.25) is 0 Å². The van der Waals surface area contributed by atoms with E-state index in [4.69, 9.17) is 0 Å². The molecule has 2 aromatic rings. The summed E-state index contributed by atoms with van der Waals surface area (Å²) in [5.41, 5.74) is 3.66. The maximum atomic E-state index is 12.6. The van der Waals surface area contributed by atoms with Gasteiger partial charge in [0.1, 0.15) is 0 Å². The molecule has 0 atom stereocenters. The second kappa shape index (κ2) is 6.71. The van der Waals surface area contributed by atoms with Crippen molar-refractivity contribution in [2.45, 2.75) is 38.8 Å². The fourth-order valence-corrected chi connectivity index (χ4v) is 3.82. The van der Waals surface area contributed by atoms with Gasteiger partial charge in [-0.15, -0.1) is 0 Å². The van der Waals surface area contributed by atoms with Gasteiger partial charge in [-0.05, 0) is 42.2 Å². The molecule has 25 heavy (non-hydrogen) atoms. The van der Waals surface area contributed by atoms with Crippen LogP contribution >= 0.6 is 0 Å². The lowest BCUT2D eigenvalue weighted by atomic mass is 10.1. The molecular formula is C21H22N2O2. The third kappa shape index (κ3) is 3.29. The van der Waals surface area contributed by atoms with Crippen molar-refractivity contribution in [2.75, 3.05) is 5.32 Å². The van der Waals surface area contributed by atoms with E-state index in [1.54, 1.807) is 0 Å². The van der Waals surface area contributed by atoms with Crippen LogP contribution in [-0.2, 0) is 17.9 Å². The lowest BCUT2D eigenvalue weighted by Crippen LogP contribution is -2.23. The minimum atomic E-state index is 0.0625. The van der Waals surface area contributed by atoms with E-state index in [0.29, 0.717) is 13.1 Å². The number of nitrogens with zero attached hydrogens (tertiary/aromatic N) is 1. The van der Waals surface area contributed by atoms with Crippen molar-refractivity contribution in [1.82, 2.24) is 4.90 Å². The molecule has 1 aliphatic heterocycles. The molecule has 0 saturated heterocycles. The Bertz CT molecular complexity index is 795. The standard InChI is InChI=1S/C21H22N2O2/c24-20(16-8-4-5-9-16)22-18-10-11-19-17(12-18)14-23(21(19)25)13-15-6-2-1-3-7-15/h1-3,6-7,10-12,16H,4-5,8-9,13-14H2,(H,22,24). The molecular weight excluding hydrogens is 312 g/mol. The molecule has 0 spiro atoms. The van der Waals surface area contributed by atoms with E-state index in [-0.39, 0.29) is 17.7 Å². The second-order valence-electron chi connectivity index (χ2n) is 6.99. The summed E-state index contributed by atoms with van der Waals surface area (Å²) >= 11 is 0. The molecule has 0 unspecified atom stereocenters. The number of hydrogen-bond acceptors (Lipinski definition) is 2. The third-order valence-corrected chi connectivity index (χ3v) is 5.19. The van der Waals surface area contributed by atoms with E-state index in [2.05, 4.69) is 5.32 Å². The average Bonchev–Trinajstić information content (AvgIpc) is 3.25. The Kier molecular flexibility index (Phi) is 4.26. The van der Waals surface area contributed by atoms with E-state index in [1.807, 2.05) is 53.4 Å². The summed E-state index contributed by atoms with van der Waals surface area (Å²) in [7, 11) is 0. The first-order valence-electron chi connectivity index (χ1n) is 8.98. The van der Waals surface area contributed by atoms with Gasteiger partial charge < -0.3 is 10.2 Å². The highest BCUT2D eigenvalue weighted by Gasteiger charge is 2.28. The summed E-state index contributed by atoms with van der Waals surface area (Å²) < 4.78 is 0. The number of nitrogens with one attached hydrogen (secondary N) is 1. The van der Waals surface area contributed by atoms with Gasteiger partial charge in [-0.1, -0.05) is 43.2 Å². The Morgan fingerprint density at radius 1 is 1.08 bits per heavy atom. The topological polar surface area (TPSA) is 49.4 Å². The number of carbonyl (C=O) groups excluding carboxylic acids is 2. The van der Waals surface area contributed by atoms with Crippen LogP contribution in [0.25, 0.3) is 0 Å². The molecule has 2 amide bonds. The Morgan fingerprint density at radius 2 is 1.84 bits per heavy atom. The summed E-state index contributed by atoms with van der Waals surface area (Å²) in [6.07, 6.45) is 4.26. The zero-order valence-electron chi connectivity index (χ0n) is 14.2. The van der Waals surface area contributed by atoms with Crippen molar-refractivity contribution in [1.29, 1.82) is 0 Å². The summed E-state index contributed by atoms with van der Waals surface area (Å²) in [5, 5.41) is 3.02. The number of fused-ring (bicyclic) bond motifs is 1. The van der Waals surface area contributed by atoms with Crippen LogP contribution in [0.4, 0.5) is 5.69 Å². The molecule has 1 N–H and O–H groups in total. The molecule has 0 bridgehead atoms. The molecule has 1 heterocycles. The fraction of sp³-hybridized carbons (Fsp3) is 0.333. The van der Waals surface area contributed by atoms with Gasteiger partial charge >= 0.3 is 0 Å². The largest absolute Gasteiger partial charge is 0.330 e. The van der Waals surface area contributed by atoms with E-state index in [9.17, 15) is 9.59 Å². The molecule has 0 aromatic heterocycles. The van der Waals surface area contributed by atoms with Crippen molar-refractivity contribution >= 4 is 17.5 Å². The third-order valence-electron chi connectivity index (χ3n) is 5.19. The normalized spacial score (nSPS) is 17.0. The lowest BCUT2D eigenvalue weighted by molar-refractivity contribution is -0.119. The van der Waals surface area contributed by atoms with Gasteiger partial charge in [0.25, 0.3) is 5.91 Å². The molecule has 1 aliphatic carbocycles. The van der Waals surface area contributed by atoms with Crippen molar-refractivity contribution in [3.05, 3.63) is 65.2 Å². The molecule has 4 nitrogen and oxygen atoms in total. The first kappa shape index (κ1) is 15.9. The average molecular weight is 334 g/mol. The van der Waals surface area contributed by atoms with Gasteiger partial charge in [-0.3, -0.25) is 9.59 Å². The summed E-state index contributed by atoms with van der Waals surface area (Å²) in [4.78, 5) is 26.7. The molecule has 2 aromatic carbocycles. The molecule has 0 radical (unpaired) electrons. The van der Waals surface area contributed by atoms with Gasteiger partial charge in [0.2, 0.25) is 5.91 Å². The Morgan fingerprint density at radius 3 is 2.60 bits per heavy atom.